The van der Waals surface area contributed by atoms with E-state index in [4.69, 9.17) is 9.15 Å². The highest BCUT2D eigenvalue weighted by atomic mass is 16.5. The van der Waals surface area contributed by atoms with Gasteiger partial charge in [0, 0.05) is 5.56 Å². The topological polar surface area (TPSA) is 97.6 Å². The van der Waals surface area contributed by atoms with Gasteiger partial charge in [0.2, 0.25) is 11.8 Å². The first kappa shape index (κ1) is 16.9. The standard InChI is InChI=1S/C17H20N4O4/c1-10(2)8-13-16(22)21(17(23)18-13)9-14-19-20-15(25-14)11-4-6-12(24-3)7-5-11/h4-7,10,13H,8-9H2,1-3H3,(H,18,23). The average Bonchev–Trinajstić information content (AvgIpc) is 3.15. The lowest BCUT2D eigenvalue weighted by Gasteiger charge is -2.11. The summed E-state index contributed by atoms with van der Waals surface area (Å²) in [7, 11) is 1.59. The quantitative estimate of drug-likeness (QED) is 0.807. The van der Waals surface area contributed by atoms with Crippen LogP contribution in [-0.4, -0.2) is 40.2 Å². The minimum atomic E-state index is -0.489. The molecule has 1 unspecified atom stereocenters. The van der Waals surface area contributed by atoms with Crippen molar-refractivity contribution < 1.29 is 18.7 Å². The molecule has 3 amide bonds. The second-order valence-electron chi connectivity index (χ2n) is 6.29. The first-order chi connectivity index (χ1) is 12.0. The summed E-state index contributed by atoms with van der Waals surface area (Å²) in [6.45, 7) is 3.96. The van der Waals surface area contributed by atoms with Gasteiger partial charge in [-0.25, -0.2) is 4.79 Å². The second kappa shape index (κ2) is 6.92. The molecular formula is C17H20N4O4. The fourth-order valence-corrected chi connectivity index (χ4v) is 2.66. The van der Waals surface area contributed by atoms with Gasteiger partial charge in [-0.1, -0.05) is 13.8 Å². The maximum atomic E-state index is 12.3. The lowest BCUT2D eigenvalue weighted by molar-refractivity contribution is -0.128. The zero-order valence-corrected chi connectivity index (χ0v) is 14.4. The SMILES string of the molecule is COc1ccc(-c2nnc(CN3C(=O)NC(CC(C)C)C3=O)o2)cc1. The summed E-state index contributed by atoms with van der Waals surface area (Å²) < 4.78 is 10.7. The Bertz CT molecular complexity index is 769. The Morgan fingerprint density at radius 3 is 2.60 bits per heavy atom. The van der Waals surface area contributed by atoms with Crippen molar-refractivity contribution in [2.75, 3.05) is 7.11 Å². The fourth-order valence-electron chi connectivity index (χ4n) is 2.66. The summed E-state index contributed by atoms with van der Waals surface area (Å²) in [6, 6.07) is 6.24. The van der Waals surface area contributed by atoms with E-state index in [9.17, 15) is 9.59 Å². The Morgan fingerprint density at radius 2 is 1.96 bits per heavy atom. The molecule has 1 saturated heterocycles. The highest BCUT2D eigenvalue weighted by molar-refractivity contribution is 6.04. The minimum Gasteiger partial charge on any atom is -0.497 e. The molecule has 1 atom stereocenters. The number of carbonyl (C=O) groups is 2. The predicted octanol–water partition coefficient (Wildman–Crippen LogP) is 2.21. The molecule has 0 spiro atoms. The number of hydrogen-bond acceptors (Lipinski definition) is 6. The molecule has 1 aromatic carbocycles. The monoisotopic (exact) mass is 344 g/mol. The zero-order chi connectivity index (χ0) is 18.0. The summed E-state index contributed by atoms with van der Waals surface area (Å²) in [5, 5.41) is 10.6. The largest absolute Gasteiger partial charge is 0.497 e. The van der Waals surface area contributed by atoms with Crippen LogP contribution in [0.3, 0.4) is 0 Å². The second-order valence-corrected chi connectivity index (χ2v) is 6.29. The van der Waals surface area contributed by atoms with Crippen molar-refractivity contribution in [3.8, 4) is 17.2 Å². The third-order valence-corrected chi connectivity index (χ3v) is 3.91. The summed E-state index contributed by atoms with van der Waals surface area (Å²) >= 11 is 0. The van der Waals surface area contributed by atoms with Gasteiger partial charge in [0.15, 0.2) is 0 Å². The number of carbonyl (C=O) groups excluding carboxylic acids is 2. The van der Waals surface area contributed by atoms with Crippen molar-refractivity contribution in [1.82, 2.24) is 20.4 Å². The number of ether oxygens (including phenoxy) is 1. The first-order valence-corrected chi connectivity index (χ1v) is 8.06. The van der Waals surface area contributed by atoms with Crippen molar-refractivity contribution in [3.63, 3.8) is 0 Å². The summed E-state index contributed by atoms with van der Waals surface area (Å²) in [5.74, 6) is 1.30. The van der Waals surface area contributed by atoms with Crippen molar-refractivity contribution in [2.24, 2.45) is 5.92 Å². The lowest BCUT2D eigenvalue weighted by atomic mass is 10.0. The van der Waals surface area contributed by atoms with Gasteiger partial charge >= 0.3 is 6.03 Å². The number of imide groups is 1. The number of aromatic nitrogens is 2. The van der Waals surface area contributed by atoms with Crippen LogP contribution in [0.4, 0.5) is 4.79 Å². The summed E-state index contributed by atoms with van der Waals surface area (Å²) in [6.07, 6.45) is 0.599. The maximum Gasteiger partial charge on any atom is 0.325 e. The average molecular weight is 344 g/mol. The molecule has 3 rings (SSSR count). The van der Waals surface area contributed by atoms with E-state index in [1.54, 1.807) is 31.4 Å². The van der Waals surface area contributed by atoms with Crippen LogP contribution in [0.15, 0.2) is 28.7 Å². The number of nitrogens with zero attached hydrogens (tertiary/aromatic N) is 3. The fraction of sp³-hybridized carbons (Fsp3) is 0.412. The molecule has 8 nitrogen and oxygen atoms in total. The number of urea groups is 1. The van der Waals surface area contributed by atoms with Crippen molar-refractivity contribution in [2.45, 2.75) is 32.9 Å². The van der Waals surface area contributed by atoms with Crippen LogP contribution in [0, 0.1) is 5.92 Å². The summed E-state index contributed by atoms with van der Waals surface area (Å²) in [4.78, 5) is 25.5. The molecule has 1 aliphatic heterocycles. The Labute approximate surface area is 145 Å². The van der Waals surface area contributed by atoms with E-state index in [2.05, 4.69) is 15.5 Å². The van der Waals surface area contributed by atoms with Crippen molar-refractivity contribution >= 4 is 11.9 Å². The number of methoxy groups -OCH3 is 1. The van der Waals surface area contributed by atoms with Gasteiger partial charge in [0.05, 0.1) is 7.11 Å². The predicted molar refractivity (Wildman–Crippen MR) is 88.6 cm³/mol. The Hall–Kier alpha value is -2.90. The maximum absolute atomic E-state index is 12.3. The molecular weight excluding hydrogens is 324 g/mol. The van der Waals surface area contributed by atoms with Crippen LogP contribution in [0.1, 0.15) is 26.2 Å². The van der Waals surface area contributed by atoms with Crippen LogP contribution in [-0.2, 0) is 11.3 Å². The van der Waals surface area contributed by atoms with Gasteiger partial charge in [-0.15, -0.1) is 10.2 Å². The Balaban J connectivity index is 1.70. The zero-order valence-electron chi connectivity index (χ0n) is 14.4. The minimum absolute atomic E-state index is 0.0393. The smallest absolute Gasteiger partial charge is 0.325 e. The molecule has 1 aliphatic rings. The van der Waals surface area contributed by atoms with E-state index in [1.807, 2.05) is 13.8 Å². The van der Waals surface area contributed by atoms with Gasteiger partial charge in [-0.3, -0.25) is 9.69 Å². The highest BCUT2D eigenvalue weighted by Crippen LogP contribution is 2.22. The number of amides is 3. The van der Waals surface area contributed by atoms with Gasteiger partial charge < -0.3 is 14.5 Å². The number of benzene rings is 1. The number of rotatable bonds is 6. The summed E-state index contributed by atoms with van der Waals surface area (Å²) in [5.41, 5.74) is 0.731. The first-order valence-electron chi connectivity index (χ1n) is 8.06. The van der Waals surface area contributed by atoms with E-state index in [0.29, 0.717) is 18.2 Å². The van der Waals surface area contributed by atoms with Crippen LogP contribution < -0.4 is 10.1 Å². The normalized spacial score (nSPS) is 17.3. The van der Waals surface area contributed by atoms with E-state index >= 15 is 0 Å². The Morgan fingerprint density at radius 1 is 1.24 bits per heavy atom. The van der Waals surface area contributed by atoms with Crippen LogP contribution in [0.25, 0.3) is 11.5 Å². The third kappa shape index (κ3) is 3.62. The molecule has 0 radical (unpaired) electrons. The van der Waals surface area contributed by atoms with Crippen LogP contribution >= 0.6 is 0 Å². The molecule has 8 heteroatoms. The highest BCUT2D eigenvalue weighted by Gasteiger charge is 2.38. The Kier molecular flexibility index (Phi) is 4.69. The lowest BCUT2D eigenvalue weighted by Crippen LogP contribution is -2.31. The third-order valence-electron chi connectivity index (χ3n) is 3.91. The van der Waals surface area contributed by atoms with Crippen LogP contribution in [0.5, 0.6) is 5.75 Å². The van der Waals surface area contributed by atoms with Crippen molar-refractivity contribution in [3.05, 3.63) is 30.2 Å². The van der Waals surface area contributed by atoms with Gasteiger partial charge in [-0.05, 0) is 36.6 Å². The molecule has 0 aliphatic carbocycles. The molecule has 1 fully saturated rings. The molecule has 2 aromatic rings. The van der Waals surface area contributed by atoms with E-state index in [-0.39, 0.29) is 18.3 Å². The molecule has 0 saturated carbocycles. The van der Waals surface area contributed by atoms with Crippen LogP contribution in [0.2, 0.25) is 0 Å². The van der Waals surface area contributed by atoms with Gasteiger partial charge in [0.1, 0.15) is 18.3 Å². The van der Waals surface area contributed by atoms with Gasteiger partial charge in [0.25, 0.3) is 5.91 Å². The van der Waals surface area contributed by atoms with E-state index in [1.165, 1.54) is 0 Å². The molecule has 0 bridgehead atoms. The van der Waals surface area contributed by atoms with E-state index < -0.39 is 12.1 Å². The number of hydrogen-bond donors (Lipinski definition) is 1. The van der Waals surface area contributed by atoms with E-state index in [0.717, 1.165) is 16.2 Å². The van der Waals surface area contributed by atoms with Crippen molar-refractivity contribution in [1.29, 1.82) is 0 Å². The molecule has 1 aromatic heterocycles. The molecule has 1 N–H and O–H groups in total. The van der Waals surface area contributed by atoms with Gasteiger partial charge in [-0.2, -0.15) is 0 Å². The molecule has 25 heavy (non-hydrogen) atoms. The number of nitrogens with one attached hydrogen (secondary N) is 1. The molecule has 132 valence electrons. The molecule has 2 heterocycles.